The van der Waals surface area contributed by atoms with Crippen LogP contribution in [0.3, 0.4) is 0 Å². The van der Waals surface area contributed by atoms with Crippen LogP contribution in [0.4, 0.5) is 11.4 Å². The van der Waals surface area contributed by atoms with Crippen molar-refractivity contribution in [1.82, 2.24) is 5.32 Å². The molecular formula is C32H37N3O6. The van der Waals surface area contributed by atoms with E-state index >= 15 is 0 Å². The Morgan fingerprint density at radius 2 is 1.66 bits per heavy atom. The number of benzene rings is 2. The summed E-state index contributed by atoms with van der Waals surface area (Å²) in [5, 5.41) is 8.83. The van der Waals surface area contributed by atoms with Gasteiger partial charge in [-0.05, 0) is 71.3 Å². The van der Waals surface area contributed by atoms with E-state index in [9.17, 15) is 14.4 Å². The van der Waals surface area contributed by atoms with Crippen LogP contribution in [0.2, 0.25) is 0 Å². The first-order chi connectivity index (χ1) is 19.7. The highest BCUT2D eigenvalue weighted by Crippen LogP contribution is 2.50. The van der Waals surface area contributed by atoms with Crippen LogP contribution in [0, 0.1) is 0 Å². The average molecular weight is 560 g/mol. The number of carbonyl (C=O) groups is 2. The highest BCUT2D eigenvalue weighted by Gasteiger charge is 2.29. The molecule has 1 aliphatic carbocycles. The number of rotatable bonds is 9. The molecule has 0 aliphatic heterocycles. The monoisotopic (exact) mass is 559 g/mol. The predicted octanol–water partition coefficient (Wildman–Crippen LogP) is 5.04. The van der Waals surface area contributed by atoms with Crippen molar-refractivity contribution in [1.29, 1.82) is 0 Å². The van der Waals surface area contributed by atoms with Gasteiger partial charge in [0.1, 0.15) is 0 Å². The molecule has 9 nitrogen and oxygen atoms in total. The summed E-state index contributed by atoms with van der Waals surface area (Å²) in [5.74, 6) is 1.34. The number of nitrogens with one attached hydrogen (secondary N) is 3. The lowest BCUT2D eigenvalue weighted by Gasteiger charge is -2.19. The van der Waals surface area contributed by atoms with Crippen LogP contribution in [0.5, 0.6) is 17.2 Å². The molecule has 0 bridgehead atoms. The Balaban J connectivity index is 1.71. The summed E-state index contributed by atoms with van der Waals surface area (Å²) < 4.78 is 17.0. The molecule has 0 heterocycles. The summed E-state index contributed by atoms with van der Waals surface area (Å²) in [4.78, 5) is 38.2. The molecule has 3 aromatic rings. The molecule has 0 saturated heterocycles. The van der Waals surface area contributed by atoms with Crippen molar-refractivity contribution < 1.29 is 23.8 Å². The molecule has 216 valence electrons. The van der Waals surface area contributed by atoms with E-state index in [1.165, 1.54) is 25.7 Å². The molecule has 0 aromatic heterocycles. The Labute approximate surface area is 240 Å². The Bertz CT molecular complexity index is 1500. The van der Waals surface area contributed by atoms with Crippen molar-refractivity contribution in [3.05, 3.63) is 75.4 Å². The molecule has 41 heavy (non-hydrogen) atoms. The number of hydrogen-bond acceptors (Lipinski definition) is 7. The van der Waals surface area contributed by atoms with Gasteiger partial charge in [0, 0.05) is 18.2 Å². The summed E-state index contributed by atoms with van der Waals surface area (Å²) in [6, 6.07) is 14.2. The lowest BCUT2D eigenvalue weighted by atomic mass is 9.95. The number of methoxy groups -OCH3 is 3. The van der Waals surface area contributed by atoms with Crippen molar-refractivity contribution >= 4 is 23.2 Å². The fraction of sp³-hybridized carbons (Fsp3) is 0.344. The third kappa shape index (κ3) is 6.45. The minimum absolute atomic E-state index is 0.101. The van der Waals surface area contributed by atoms with Crippen LogP contribution in [0.1, 0.15) is 55.8 Å². The zero-order valence-electron chi connectivity index (χ0n) is 24.3. The van der Waals surface area contributed by atoms with E-state index < -0.39 is 6.04 Å². The third-order valence-electron chi connectivity index (χ3n) is 7.22. The molecule has 0 radical (unpaired) electrons. The van der Waals surface area contributed by atoms with Crippen molar-refractivity contribution in [2.45, 2.75) is 45.6 Å². The maximum Gasteiger partial charge on any atom is 0.243 e. The van der Waals surface area contributed by atoms with Gasteiger partial charge in [-0.3, -0.25) is 14.4 Å². The second kappa shape index (κ2) is 12.8. The van der Waals surface area contributed by atoms with E-state index in [1.54, 1.807) is 20.3 Å². The SMILES string of the molecule is COc1cc2c(c(OC)c1OC)-c1ccc(NCC(=O)Nc3ccc(C(C)C)cc3)c(=O)cc1C(NC(C)=O)CC2. The Hall–Kier alpha value is -4.53. The third-order valence-corrected chi connectivity index (χ3v) is 7.22. The second-order valence-electron chi connectivity index (χ2n) is 10.3. The maximum absolute atomic E-state index is 13.4. The van der Waals surface area contributed by atoms with Crippen molar-refractivity contribution in [2.24, 2.45) is 0 Å². The number of aryl methyl sites for hydroxylation is 1. The summed E-state index contributed by atoms with van der Waals surface area (Å²) in [6.07, 6.45) is 1.16. The number of amides is 2. The molecule has 4 rings (SSSR count). The maximum atomic E-state index is 13.4. The van der Waals surface area contributed by atoms with Crippen LogP contribution < -0.4 is 35.6 Å². The largest absolute Gasteiger partial charge is 0.493 e. The predicted molar refractivity (Wildman–Crippen MR) is 160 cm³/mol. The molecule has 9 heteroatoms. The van der Waals surface area contributed by atoms with Crippen LogP contribution in [-0.4, -0.2) is 39.7 Å². The highest BCUT2D eigenvalue weighted by atomic mass is 16.5. The van der Waals surface area contributed by atoms with Gasteiger partial charge in [-0.15, -0.1) is 0 Å². The van der Waals surface area contributed by atoms with Crippen molar-refractivity contribution in [3.63, 3.8) is 0 Å². The smallest absolute Gasteiger partial charge is 0.243 e. The van der Waals surface area contributed by atoms with Gasteiger partial charge < -0.3 is 30.2 Å². The van der Waals surface area contributed by atoms with E-state index in [2.05, 4.69) is 29.8 Å². The number of carbonyl (C=O) groups excluding carboxylic acids is 2. The quantitative estimate of drug-likeness (QED) is 0.337. The zero-order valence-corrected chi connectivity index (χ0v) is 24.3. The van der Waals surface area contributed by atoms with E-state index in [-0.39, 0.29) is 29.5 Å². The summed E-state index contributed by atoms with van der Waals surface area (Å²) in [7, 11) is 4.65. The molecule has 0 fully saturated rings. The Kier molecular flexibility index (Phi) is 9.17. The summed E-state index contributed by atoms with van der Waals surface area (Å²) in [5.41, 5.74) is 4.87. The second-order valence-corrected chi connectivity index (χ2v) is 10.3. The van der Waals surface area contributed by atoms with Gasteiger partial charge in [0.25, 0.3) is 0 Å². The van der Waals surface area contributed by atoms with E-state index in [4.69, 9.17) is 14.2 Å². The first-order valence-corrected chi connectivity index (χ1v) is 13.6. The minimum Gasteiger partial charge on any atom is -0.493 e. The molecule has 0 spiro atoms. The minimum atomic E-state index is -0.415. The molecule has 1 aliphatic rings. The van der Waals surface area contributed by atoms with Gasteiger partial charge in [-0.2, -0.15) is 0 Å². The standard InChI is InChI=1S/C32H37N3O6/c1-18(2)20-7-10-22(11-8-20)35-29(38)17-33-26-14-12-23-24(16-27(26)37)25(34-19(3)36)13-9-21-15-28(39-4)31(40-5)32(41-6)30(21)23/h7-8,10-12,14-16,18,25H,9,13,17H2,1-6H3,(H,33,37)(H,34,36)(H,35,38). The van der Waals surface area contributed by atoms with Crippen molar-refractivity contribution in [2.75, 3.05) is 38.5 Å². The van der Waals surface area contributed by atoms with E-state index in [1.807, 2.05) is 36.4 Å². The first kappa shape index (κ1) is 29.5. The highest BCUT2D eigenvalue weighted by molar-refractivity contribution is 5.93. The van der Waals surface area contributed by atoms with Gasteiger partial charge in [0.15, 0.2) is 11.5 Å². The lowest BCUT2D eigenvalue weighted by Crippen LogP contribution is -2.27. The fourth-order valence-corrected chi connectivity index (χ4v) is 5.19. The van der Waals surface area contributed by atoms with Crippen LogP contribution in [0.15, 0.2) is 53.3 Å². The van der Waals surface area contributed by atoms with Gasteiger partial charge in [-0.1, -0.05) is 32.0 Å². The fourth-order valence-electron chi connectivity index (χ4n) is 5.19. The van der Waals surface area contributed by atoms with Gasteiger partial charge in [0.2, 0.25) is 23.0 Å². The number of ether oxygens (including phenoxy) is 3. The molecular weight excluding hydrogens is 522 g/mol. The van der Waals surface area contributed by atoms with Gasteiger partial charge >= 0.3 is 0 Å². The lowest BCUT2D eigenvalue weighted by molar-refractivity contribution is -0.119. The van der Waals surface area contributed by atoms with Crippen LogP contribution >= 0.6 is 0 Å². The molecule has 3 aromatic carbocycles. The molecule has 3 N–H and O–H groups in total. The van der Waals surface area contributed by atoms with Crippen LogP contribution in [0.25, 0.3) is 11.1 Å². The zero-order chi connectivity index (χ0) is 29.7. The molecule has 1 atom stereocenters. The Morgan fingerprint density at radius 3 is 2.27 bits per heavy atom. The number of hydrogen-bond donors (Lipinski definition) is 3. The Morgan fingerprint density at radius 1 is 0.951 bits per heavy atom. The molecule has 2 amide bonds. The van der Waals surface area contributed by atoms with Crippen LogP contribution in [-0.2, 0) is 16.0 Å². The molecule has 0 saturated carbocycles. The molecule has 1 unspecified atom stereocenters. The summed E-state index contributed by atoms with van der Waals surface area (Å²) in [6.45, 7) is 5.57. The van der Waals surface area contributed by atoms with E-state index in [0.717, 1.165) is 11.1 Å². The van der Waals surface area contributed by atoms with Crippen molar-refractivity contribution in [3.8, 4) is 28.4 Å². The van der Waals surface area contributed by atoms with Gasteiger partial charge in [-0.25, -0.2) is 0 Å². The first-order valence-electron chi connectivity index (χ1n) is 13.6. The topological polar surface area (TPSA) is 115 Å². The number of anilines is 2. The number of fused-ring (bicyclic) bond motifs is 3. The van der Waals surface area contributed by atoms with E-state index in [0.29, 0.717) is 52.8 Å². The van der Waals surface area contributed by atoms with Gasteiger partial charge in [0.05, 0.1) is 39.6 Å². The normalized spacial score (nSPS) is 13.8. The average Bonchev–Trinajstić information content (AvgIpc) is 3.19. The summed E-state index contributed by atoms with van der Waals surface area (Å²) >= 11 is 0.